The Morgan fingerprint density at radius 1 is 1.37 bits per heavy atom. The van der Waals surface area contributed by atoms with Crippen molar-refractivity contribution in [2.24, 2.45) is 0 Å². The number of hydrogen-bond donors (Lipinski definition) is 3. The molecule has 0 aliphatic carbocycles. The Bertz CT molecular complexity index is 1070. The van der Waals surface area contributed by atoms with Crippen LogP contribution in [0.5, 0.6) is 5.75 Å². The van der Waals surface area contributed by atoms with Crippen LogP contribution in [0, 0.1) is 0 Å². The minimum atomic E-state index is -0.983. The molecule has 0 saturated carbocycles. The van der Waals surface area contributed by atoms with E-state index in [-0.39, 0.29) is 12.6 Å². The molecule has 10 nitrogen and oxygen atoms in total. The molecular formula is C20H26N6O4. The molecule has 3 heterocycles. The third kappa shape index (κ3) is 4.04. The van der Waals surface area contributed by atoms with Gasteiger partial charge < -0.3 is 24.5 Å². The van der Waals surface area contributed by atoms with Crippen LogP contribution < -0.4 is 20.3 Å². The van der Waals surface area contributed by atoms with Crippen molar-refractivity contribution in [3.05, 3.63) is 30.0 Å². The summed E-state index contributed by atoms with van der Waals surface area (Å²) in [5.41, 5.74) is 1.40. The molecule has 0 spiro atoms. The number of ether oxygens (including phenoxy) is 1. The third-order valence-corrected chi connectivity index (χ3v) is 5.01. The number of rotatable bonds is 5. The number of aromatic nitrogens is 3. The molecule has 2 aromatic heterocycles. The van der Waals surface area contributed by atoms with Gasteiger partial charge in [0, 0.05) is 25.2 Å². The molecule has 1 unspecified atom stereocenters. The van der Waals surface area contributed by atoms with Gasteiger partial charge in [-0.25, -0.2) is 4.79 Å². The SMILES string of the molecule is COc1ccc2oc(N3CCn4nc(NC(=O)NCC(C)(C)O)cc4C3C)nc2c1. The van der Waals surface area contributed by atoms with Crippen molar-refractivity contribution >= 4 is 29.0 Å². The number of urea groups is 1. The molecule has 160 valence electrons. The summed E-state index contributed by atoms with van der Waals surface area (Å²) in [5.74, 6) is 1.18. The highest BCUT2D eigenvalue weighted by atomic mass is 16.5. The van der Waals surface area contributed by atoms with E-state index in [0.29, 0.717) is 30.5 Å². The Hall–Kier alpha value is -3.27. The van der Waals surface area contributed by atoms with E-state index in [1.54, 1.807) is 21.0 Å². The number of aliphatic hydroxyl groups is 1. The van der Waals surface area contributed by atoms with Gasteiger partial charge in [-0.2, -0.15) is 10.1 Å². The Morgan fingerprint density at radius 3 is 2.90 bits per heavy atom. The standard InChI is InChI=1S/C20H26N6O4/c1-12-15-10-17(23-18(27)21-11-20(2,3)28)24-26(15)8-7-25(12)19-22-14-9-13(29-4)5-6-16(14)30-19/h5-6,9-10,12,28H,7-8,11H2,1-4H3,(H2,21,23,24,27). The number of anilines is 2. The zero-order valence-corrected chi connectivity index (χ0v) is 17.5. The number of nitrogens with one attached hydrogen (secondary N) is 2. The van der Waals surface area contributed by atoms with Crippen LogP contribution in [-0.4, -0.2) is 51.7 Å². The number of carbonyl (C=O) groups is 1. The second kappa shape index (κ2) is 7.52. The summed E-state index contributed by atoms with van der Waals surface area (Å²) >= 11 is 0. The van der Waals surface area contributed by atoms with Gasteiger partial charge in [0.2, 0.25) is 0 Å². The molecule has 3 aromatic rings. The van der Waals surface area contributed by atoms with Gasteiger partial charge in [-0.05, 0) is 32.9 Å². The highest BCUT2D eigenvalue weighted by molar-refractivity contribution is 5.88. The van der Waals surface area contributed by atoms with Crippen molar-refractivity contribution in [1.82, 2.24) is 20.1 Å². The molecular weight excluding hydrogens is 388 g/mol. The Morgan fingerprint density at radius 2 is 2.17 bits per heavy atom. The summed E-state index contributed by atoms with van der Waals surface area (Å²) in [7, 11) is 1.62. The molecule has 1 aliphatic heterocycles. The first-order valence-electron chi connectivity index (χ1n) is 9.80. The van der Waals surface area contributed by atoms with Crippen LogP contribution in [0.15, 0.2) is 28.7 Å². The fraction of sp³-hybridized carbons (Fsp3) is 0.450. The maximum Gasteiger partial charge on any atom is 0.320 e. The number of fused-ring (bicyclic) bond motifs is 2. The topological polar surface area (TPSA) is 118 Å². The van der Waals surface area contributed by atoms with Crippen molar-refractivity contribution < 1.29 is 19.1 Å². The van der Waals surface area contributed by atoms with E-state index >= 15 is 0 Å². The van der Waals surface area contributed by atoms with Gasteiger partial charge in [0.25, 0.3) is 6.01 Å². The summed E-state index contributed by atoms with van der Waals surface area (Å²) in [6.07, 6.45) is 0. The molecule has 0 radical (unpaired) electrons. The first-order chi connectivity index (χ1) is 14.2. The van der Waals surface area contributed by atoms with Crippen LogP contribution in [0.3, 0.4) is 0 Å². The predicted molar refractivity (Wildman–Crippen MR) is 112 cm³/mol. The lowest BCUT2D eigenvalue weighted by Crippen LogP contribution is -2.40. The molecule has 4 rings (SSSR count). The molecule has 1 aliphatic rings. The van der Waals surface area contributed by atoms with Crippen molar-refractivity contribution in [3.63, 3.8) is 0 Å². The van der Waals surface area contributed by atoms with Crippen LogP contribution in [0.25, 0.3) is 11.1 Å². The van der Waals surface area contributed by atoms with Gasteiger partial charge in [0.15, 0.2) is 11.4 Å². The lowest BCUT2D eigenvalue weighted by atomic mass is 10.1. The van der Waals surface area contributed by atoms with Crippen LogP contribution in [0.2, 0.25) is 0 Å². The Labute approximate surface area is 173 Å². The van der Waals surface area contributed by atoms with E-state index in [0.717, 1.165) is 17.0 Å². The highest BCUT2D eigenvalue weighted by Gasteiger charge is 2.29. The largest absolute Gasteiger partial charge is 0.497 e. The molecule has 1 atom stereocenters. The van der Waals surface area contributed by atoms with Gasteiger partial charge in [-0.15, -0.1) is 0 Å². The molecule has 1 aromatic carbocycles. The molecule has 0 fully saturated rings. The number of benzene rings is 1. The zero-order valence-electron chi connectivity index (χ0n) is 17.5. The average Bonchev–Trinajstić information content (AvgIpc) is 3.29. The summed E-state index contributed by atoms with van der Waals surface area (Å²) in [5, 5.41) is 19.5. The van der Waals surface area contributed by atoms with Gasteiger partial charge in [0.05, 0.1) is 31.0 Å². The minimum Gasteiger partial charge on any atom is -0.497 e. The van der Waals surface area contributed by atoms with E-state index in [9.17, 15) is 9.90 Å². The second-order valence-corrected chi connectivity index (χ2v) is 8.00. The maximum atomic E-state index is 12.1. The first-order valence-corrected chi connectivity index (χ1v) is 9.80. The number of methoxy groups -OCH3 is 1. The second-order valence-electron chi connectivity index (χ2n) is 8.00. The summed E-state index contributed by atoms with van der Waals surface area (Å²) in [4.78, 5) is 18.8. The number of amides is 2. The smallest absolute Gasteiger partial charge is 0.320 e. The Kier molecular flexibility index (Phi) is 5.02. The molecule has 3 N–H and O–H groups in total. The minimum absolute atomic E-state index is 0.0452. The predicted octanol–water partition coefficient (Wildman–Crippen LogP) is 2.51. The van der Waals surface area contributed by atoms with Crippen LogP contribution >= 0.6 is 0 Å². The number of nitrogens with zero attached hydrogens (tertiary/aromatic N) is 4. The molecule has 10 heteroatoms. The van der Waals surface area contributed by atoms with E-state index < -0.39 is 11.6 Å². The lowest BCUT2D eigenvalue weighted by Gasteiger charge is -2.32. The number of carbonyl (C=O) groups excluding carboxylic acids is 1. The molecule has 2 amide bonds. The van der Waals surface area contributed by atoms with Gasteiger partial charge in [0.1, 0.15) is 11.3 Å². The molecule has 30 heavy (non-hydrogen) atoms. The third-order valence-electron chi connectivity index (χ3n) is 5.01. The summed E-state index contributed by atoms with van der Waals surface area (Å²) in [6, 6.07) is 7.45. The van der Waals surface area contributed by atoms with E-state index in [4.69, 9.17) is 9.15 Å². The van der Waals surface area contributed by atoms with Gasteiger partial charge in [-0.1, -0.05) is 0 Å². The van der Waals surface area contributed by atoms with Crippen molar-refractivity contribution in [1.29, 1.82) is 0 Å². The van der Waals surface area contributed by atoms with Crippen molar-refractivity contribution in [2.75, 3.05) is 30.4 Å². The number of hydrogen-bond acceptors (Lipinski definition) is 7. The number of oxazole rings is 1. The summed E-state index contributed by atoms with van der Waals surface area (Å²) < 4.78 is 13.1. The average molecular weight is 414 g/mol. The van der Waals surface area contributed by atoms with E-state index in [1.165, 1.54) is 0 Å². The first kappa shape index (κ1) is 20.0. The lowest BCUT2D eigenvalue weighted by molar-refractivity contribution is 0.0826. The molecule has 0 saturated heterocycles. The quantitative estimate of drug-likeness (QED) is 0.587. The fourth-order valence-corrected chi connectivity index (χ4v) is 3.43. The van der Waals surface area contributed by atoms with Crippen LogP contribution in [0.1, 0.15) is 32.5 Å². The van der Waals surface area contributed by atoms with Crippen molar-refractivity contribution in [2.45, 2.75) is 39.0 Å². The van der Waals surface area contributed by atoms with E-state index in [1.807, 2.05) is 35.9 Å². The monoisotopic (exact) mass is 414 g/mol. The normalized spacial score (nSPS) is 16.4. The van der Waals surface area contributed by atoms with Crippen LogP contribution in [0.4, 0.5) is 16.6 Å². The summed E-state index contributed by atoms with van der Waals surface area (Å²) in [6.45, 7) is 6.74. The highest BCUT2D eigenvalue weighted by Crippen LogP contribution is 2.33. The van der Waals surface area contributed by atoms with Gasteiger partial charge in [-0.3, -0.25) is 10.00 Å². The fourth-order valence-electron chi connectivity index (χ4n) is 3.43. The van der Waals surface area contributed by atoms with Gasteiger partial charge >= 0.3 is 6.03 Å². The van der Waals surface area contributed by atoms with Crippen molar-refractivity contribution in [3.8, 4) is 5.75 Å². The maximum absolute atomic E-state index is 12.1. The zero-order chi connectivity index (χ0) is 21.5. The van der Waals surface area contributed by atoms with Crippen LogP contribution in [-0.2, 0) is 6.54 Å². The molecule has 0 bridgehead atoms. The van der Waals surface area contributed by atoms with E-state index in [2.05, 4.69) is 25.6 Å². The Balaban J connectivity index is 1.50.